The first-order valence-corrected chi connectivity index (χ1v) is 7.14. The Morgan fingerprint density at radius 1 is 1.16 bits per heavy atom. The molecule has 100 valence electrons. The molecule has 1 aromatic heterocycles. The summed E-state index contributed by atoms with van der Waals surface area (Å²) in [4.78, 5) is 8.46. The van der Waals surface area contributed by atoms with Gasteiger partial charge in [0.25, 0.3) is 0 Å². The van der Waals surface area contributed by atoms with Crippen molar-refractivity contribution in [3.05, 3.63) is 40.6 Å². The van der Waals surface area contributed by atoms with Crippen LogP contribution >= 0.6 is 15.9 Å². The van der Waals surface area contributed by atoms with Gasteiger partial charge in [-0.1, -0.05) is 19.1 Å². The van der Waals surface area contributed by atoms with Gasteiger partial charge in [-0.15, -0.1) is 0 Å². The first kappa shape index (κ1) is 13.8. The van der Waals surface area contributed by atoms with Crippen LogP contribution in [0.1, 0.15) is 19.4 Å². The molecule has 1 aromatic carbocycles. The molecule has 0 radical (unpaired) electrons. The van der Waals surface area contributed by atoms with Gasteiger partial charge < -0.3 is 10.6 Å². The molecule has 0 saturated heterocycles. The Labute approximate surface area is 121 Å². The van der Waals surface area contributed by atoms with E-state index in [4.69, 9.17) is 0 Å². The SMILES string of the molecule is CCNc1ncnc(Nc2cccc(CC)c2)c1Br. The summed E-state index contributed by atoms with van der Waals surface area (Å²) in [5, 5.41) is 6.49. The molecule has 0 aliphatic heterocycles. The van der Waals surface area contributed by atoms with Crippen molar-refractivity contribution in [2.24, 2.45) is 0 Å². The summed E-state index contributed by atoms with van der Waals surface area (Å²) in [5.41, 5.74) is 2.32. The monoisotopic (exact) mass is 320 g/mol. The number of anilines is 3. The molecule has 19 heavy (non-hydrogen) atoms. The second-order valence-electron chi connectivity index (χ2n) is 4.09. The zero-order valence-electron chi connectivity index (χ0n) is 11.1. The Hall–Kier alpha value is -1.62. The molecule has 1 heterocycles. The minimum atomic E-state index is 0.763. The van der Waals surface area contributed by atoms with Crippen LogP contribution in [0.4, 0.5) is 17.3 Å². The van der Waals surface area contributed by atoms with Crippen molar-refractivity contribution in [2.75, 3.05) is 17.2 Å². The fourth-order valence-electron chi connectivity index (χ4n) is 1.75. The van der Waals surface area contributed by atoms with E-state index in [-0.39, 0.29) is 0 Å². The highest BCUT2D eigenvalue weighted by atomic mass is 79.9. The van der Waals surface area contributed by atoms with Crippen LogP contribution in [0.3, 0.4) is 0 Å². The van der Waals surface area contributed by atoms with Gasteiger partial charge in [0.05, 0.1) is 0 Å². The van der Waals surface area contributed by atoms with E-state index in [1.807, 2.05) is 19.1 Å². The van der Waals surface area contributed by atoms with E-state index in [0.29, 0.717) is 0 Å². The van der Waals surface area contributed by atoms with E-state index in [9.17, 15) is 0 Å². The van der Waals surface area contributed by atoms with Crippen molar-refractivity contribution < 1.29 is 0 Å². The van der Waals surface area contributed by atoms with E-state index in [0.717, 1.165) is 34.8 Å². The van der Waals surface area contributed by atoms with E-state index >= 15 is 0 Å². The highest BCUT2D eigenvalue weighted by molar-refractivity contribution is 9.10. The Bertz CT molecular complexity index is 557. The van der Waals surface area contributed by atoms with E-state index in [1.54, 1.807) is 6.33 Å². The third kappa shape index (κ3) is 3.44. The topological polar surface area (TPSA) is 49.8 Å². The lowest BCUT2D eigenvalue weighted by Crippen LogP contribution is -2.03. The minimum absolute atomic E-state index is 0.763. The molecule has 4 nitrogen and oxygen atoms in total. The molecule has 5 heteroatoms. The first-order valence-electron chi connectivity index (χ1n) is 6.35. The molecule has 0 unspecified atom stereocenters. The van der Waals surface area contributed by atoms with Gasteiger partial charge in [-0.05, 0) is 47.0 Å². The summed E-state index contributed by atoms with van der Waals surface area (Å²) in [7, 11) is 0. The summed E-state index contributed by atoms with van der Waals surface area (Å²) in [6.45, 7) is 5.00. The Balaban J connectivity index is 2.25. The molecule has 0 aliphatic rings. The lowest BCUT2D eigenvalue weighted by atomic mass is 10.1. The third-order valence-corrected chi connectivity index (χ3v) is 3.48. The number of aromatic nitrogens is 2. The lowest BCUT2D eigenvalue weighted by molar-refractivity contribution is 1.10. The zero-order valence-corrected chi connectivity index (χ0v) is 12.7. The van der Waals surface area contributed by atoms with E-state index < -0.39 is 0 Å². The van der Waals surface area contributed by atoms with Gasteiger partial charge in [0.15, 0.2) is 0 Å². The molecule has 2 aromatic rings. The fraction of sp³-hybridized carbons (Fsp3) is 0.286. The number of benzene rings is 1. The summed E-state index contributed by atoms with van der Waals surface area (Å²) in [5.74, 6) is 1.56. The van der Waals surface area contributed by atoms with Gasteiger partial charge >= 0.3 is 0 Å². The number of nitrogens with zero attached hydrogens (tertiary/aromatic N) is 2. The second kappa shape index (κ2) is 6.52. The van der Waals surface area contributed by atoms with Crippen LogP contribution in [0.25, 0.3) is 0 Å². The third-order valence-electron chi connectivity index (χ3n) is 2.73. The standard InChI is InChI=1S/C14H17BrN4/c1-3-10-6-5-7-11(8-10)19-14-12(15)13(16-4-2)17-9-18-14/h5-9H,3-4H2,1-2H3,(H2,16,17,18,19). The van der Waals surface area contributed by atoms with Crippen LogP contribution in [-0.4, -0.2) is 16.5 Å². The molecular formula is C14H17BrN4. The largest absolute Gasteiger partial charge is 0.369 e. The van der Waals surface area contributed by atoms with Crippen LogP contribution < -0.4 is 10.6 Å². The van der Waals surface area contributed by atoms with Crippen molar-refractivity contribution in [1.29, 1.82) is 0 Å². The number of halogens is 1. The molecule has 2 N–H and O–H groups in total. The Kier molecular flexibility index (Phi) is 4.74. The van der Waals surface area contributed by atoms with Gasteiger partial charge in [0.2, 0.25) is 0 Å². The summed E-state index contributed by atoms with van der Waals surface area (Å²) in [6.07, 6.45) is 2.57. The number of hydrogen-bond donors (Lipinski definition) is 2. The number of nitrogens with one attached hydrogen (secondary N) is 2. The first-order chi connectivity index (χ1) is 9.24. The van der Waals surface area contributed by atoms with E-state index in [1.165, 1.54) is 5.56 Å². The quantitative estimate of drug-likeness (QED) is 0.875. The molecule has 0 aliphatic carbocycles. The Morgan fingerprint density at radius 2 is 1.95 bits per heavy atom. The van der Waals surface area contributed by atoms with Gasteiger partial charge in [-0.3, -0.25) is 0 Å². The van der Waals surface area contributed by atoms with Crippen LogP contribution in [0.2, 0.25) is 0 Å². The van der Waals surface area contributed by atoms with Crippen LogP contribution in [0.5, 0.6) is 0 Å². The van der Waals surface area contributed by atoms with Gasteiger partial charge in [0, 0.05) is 12.2 Å². The molecule has 2 rings (SSSR count). The summed E-state index contributed by atoms with van der Waals surface area (Å²) in [6, 6.07) is 8.31. The molecule has 0 amide bonds. The summed E-state index contributed by atoms with van der Waals surface area (Å²) >= 11 is 3.53. The predicted molar refractivity (Wildman–Crippen MR) is 83.0 cm³/mol. The zero-order chi connectivity index (χ0) is 13.7. The van der Waals surface area contributed by atoms with Gasteiger partial charge in [-0.25, -0.2) is 9.97 Å². The molecule has 0 fully saturated rings. The van der Waals surface area contributed by atoms with Crippen molar-refractivity contribution in [3.63, 3.8) is 0 Å². The number of aryl methyl sites for hydroxylation is 1. The lowest BCUT2D eigenvalue weighted by Gasteiger charge is -2.11. The van der Waals surface area contributed by atoms with Gasteiger partial charge in [-0.2, -0.15) is 0 Å². The minimum Gasteiger partial charge on any atom is -0.369 e. The van der Waals surface area contributed by atoms with Crippen LogP contribution in [0.15, 0.2) is 35.1 Å². The average molecular weight is 321 g/mol. The predicted octanol–water partition coefficient (Wildman–Crippen LogP) is 3.98. The maximum Gasteiger partial charge on any atom is 0.150 e. The van der Waals surface area contributed by atoms with E-state index in [2.05, 4.69) is 55.6 Å². The van der Waals surface area contributed by atoms with Gasteiger partial charge in [0.1, 0.15) is 22.4 Å². The molecule has 0 bridgehead atoms. The number of rotatable bonds is 5. The highest BCUT2D eigenvalue weighted by Crippen LogP contribution is 2.29. The number of hydrogen-bond acceptors (Lipinski definition) is 4. The Morgan fingerprint density at radius 3 is 2.68 bits per heavy atom. The van der Waals surface area contributed by atoms with Crippen molar-refractivity contribution in [2.45, 2.75) is 20.3 Å². The maximum absolute atomic E-state index is 4.26. The average Bonchev–Trinajstić information content (AvgIpc) is 2.44. The normalized spacial score (nSPS) is 10.3. The maximum atomic E-state index is 4.26. The second-order valence-corrected chi connectivity index (χ2v) is 4.89. The van der Waals surface area contributed by atoms with Crippen LogP contribution in [-0.2, 0) is 6.42 Å². The molecule has 0 saturated carbocycles. The smallest absolute Gasteiger partial charge is 0.150 e. The molecular weight excluding hydrogens is 304 g/mol. The van der Waals surface area contributed by atoms with Crippen LogP contribution in [0, 0.1) is 0 Å². The molecule has 0 atom stereocenters. The highest BCUT2D eigenvalue weighted by Gasteiger charge is 2.08. The van der Waals surface area contributed by atoms with Crippen molar-refractivity contribution >= 4 is 33.3 Å². The summed E-state index contributed by atoms with van der Waals surface area (Å²) < 4.78 is 0.846. The van der Waals surface area contributed by atoms with Crippen molar-refractivity contribution in [3.8, 4) is 0 Å². The van der Waals surface area contributed by atoms with Crippen molar-refractivity contribution in [1.82, 2.24) is 9.97 Å². The molecule has 0 spiro atoms. The fourth-order valence-corrected chi connectivity index (χ4v) is 2.20.